The molecule has 29 heavy (non-hydrogen) atoms. The van der Waals surface area contributed by atoms with Gasteiger partial charge in [-0.2, -0.15) is 5.10 Å². The summed E-state index contributed by atoms with van der Waals surface area (Å²) in [6.07, 6.45) is 8.53. The molecule has 1 atom stereocenters. The molecule has 1 aromatic heterocycles. The number of carbonyl (C=O) groups is 1. The lowest BCUT2D eigenvalue weighted by molar-refractivity contribution is -0.137. The summed E-state index contributed by atoms with van der Waals surface area (Å²) in [6.45, 7) is 4.93. The summed E-state index contributed by atoms with van der Waals surface area (Å²) in [4.78, 5) is 18.0. The van der Waals surface area contributed by atoms with Crippen LogP contribution in [0.1, 0.15) is 43.4 Å². The first-order valence-corrected chi connectivity index (χ1v) is 11.2. The van der Waals surface area contributed by atoms with Gasteiger partial charge >= 0.3 is 0 Å². The zero-order valence-electron chi connectivity index (χ0n) is 17.7. The van der Waals surface area contributed by atoms with E-state index in [0.717, 1.165) is 64.8 Å². The van der Waals surface area contributed by atoms with Crippen molar-refractivity contribution >= 4 is 5.91 Å². The summed E-state index contributed by atoms with van der Waals surface area (Å²) in [5.41, 5.74) is 2.59. The third-order valence-electron chi connectivity index (χ3n) is 6.84. The second kappa shape index (κ2) is 9.57. The third kappa shape index (κ3) is 5.08. The van der Waals surface area contributed by atoms with Crippen molar-refractivity contribution < 1.29 is 4.79 Å². The molecule has 2 saturated heterocycles. The first kappa shape index (κ1) is 20.1. The van der Waals surface area contributed by atoms with E-state index in [4.69, 9.17) is 0 Å². The van der Waals surface area contributed by atoms with E-state index < -0.39 is 0 Å². The summed E-state index contributed by atoms with van der Waals surface area (Å²) < 4.78 is 1.96. The van der Waals surface area contributed by atoms with Gasteiger partial charge < -0.3 is 4.90 Å². The highest BCUT2D eigenvalue weighted by Gasteiger charge is 2.35. The van der Waals surface area contributed by atoms with Gasteiger partial charge in [-0.25, -0.2) is 0 Å². The Kier molecular flexibility index (Phi) is 6.65. The average molecular weight is 395 g/mol. The molecule has 0 spiro atoms. The van der Waals surface area contributed by atoms with Crippen molar-refractivity contribution in [3.8, 4) is 0 Å². The van der Waals surface area contributed by atoms with E-state index in [2.05, 4.69) is 51.3 Å². The second-order valence-corrected chi connectivity index (χ2v) is 8.72. The fraction of sp³-hybridized carbons (Fsp3) is 0.583. The van der Waals surface area contributed by atoms with Crippen LogP contribution in [0, 0.1) is 11.8 Å². The summed E-state index contributed by atoms with van der Waals surface area (Å²) in [5, 5.41) is 4.28. The Morgan fingerprint density at radius 1 is 1.00 bits per heavy atom. The largest absolute Gasteiger partial charge is 0.342 e. The molecule has 3 heterocycles. The first-order valence-electron chi connectivity index (χ1n) is 11.2. The van der Waals surface area contributed by atoms with E-state index in [0.29, 0.717) is 11.8 Å². The number of aromatic nitrogens is 2. The van der Waals surface area contributed by atoms with Gasteiger partial charge in [0.25, 0.3) is 0 Å². The summed E-state index contributed by atoms with van der Waals surface area (Å²) >= 11 is 0. The van der Waals surface area contributed by atoms with Crippen molar-refractivity contribution in [3.05, 3.63) is 53.9 Å². The monoisotopic (exact) mass is 394 g/mol. The van der Waals surface area contributed by atoms with Gasteiger partial charge in [0.05, 0.1) is 5.69 Å². The third-order valence-corrected chi connectivity index (χ3v) is 6.84. The fourth-order valence-electron chi connectivity index (χ4n) is 5.00. The minimum absolute atomic E-state index is 0.229. The minimum Gasteiger partial charge on any atom is -0.342 e. The molecule has 0 saturated carbocycles. The Morgan fingerprint density at radius 2 is 1.79 bits per heavy atom. The molecule has 1 unspecified atom stereocenters. The zero-order valence-corrected chi connectivity index (χ0v) is 17.7. The van der Waals surface area contributed by atoms with E-state index in [-0.39, 0.29) is 5.92 Å². The number of rotatable bonds is 6. The molecule has 0 N–H and O–H groups in total. The number of nitrogens with zero attached hydrogens (tertiary/aromatic N) is 4. The quantitative estimate of drug-likeness (QED) is 0.753. The van der Waals surface area contributed by atoms with Crippen LogP contribution in [0.4, 0.5) is 0 Å². The highest BCUT2D eigenvalue weighted by molar-refractivity contribution is 5.79. The van der Waals surface area contributed by atoms with Gasteiger partial charge in [-0.05, 0) is 62.7 Å². The van der Waals surface area contributed by atoms with Crippen LogP contribution in [-0.4, -0.2) is 51.7 Å². The van der Waals surface area contributed by atoms with Crippen LogP contribution in [0.3, 0.4) is 0 Å². The van der Waals surface area contributed by atoms with Crippen LogP contribution >= 0.6 is 0 Å². The molecule has 5 heteroatoms. The standard InChI is InChI=1S/C24H34N4O/c1-26-22(10-14-25-26)19-27-16-12-21(13-17-27)23-9-5-6-15-28(24(23)29)18-11-20-7-3-2-4-8-20/h2-4,7-8,10,14,21,23H,5-6,9,11-13,15-19H2,1H3. The number of carbonyl (C=O) groups excluding carboxylic acids is 1. The Labute approximate surface area is 174 Å². The Bertz CT molecular complexity index is 779. The van der Waals surface area contributed by atoms with Crippen LogP contribution in [0.25, 0.3) is 0 Å². The van der Waals surface area contributed by atoms with Gasteiger partial charge in [-0.15, -0.1) is 0 Å². The van der Waals surface area contributed by atoms with Gasteiger partial charge in [0.1, 0.15) is 0 Å². The molecule has 2 fully saturated rings. The second-order valence-electron chi connectivity index (χ2n) is 8.72. The van der Waals surface area contributed by atoms with Gasteiger partial charge in [-0.3, -0.25) is 14.4 Å². The molecule has 5 nitrogen and oxygen atoms in total. The molecule has 0 bridgehead atoms. The summed E-state index contributed by atoms with van der Waals surface area (Å²) in [6, 6.07) is 12.7. The molecule has 0 radical (unpaired) electrons. The van der Waals surface area contributed by atoms with Crippen LogP contribution in [0.15, 0.2) is 42.6 Å². The molecule has 4 rings (SSSR count). The number of benzene rings is 1. The van der Waals surface area contributed by atoms with E-state index in [1.165, 1.54) is 17.7 Å². The topological polar surface area (TPSA) is 41.4 Å². The predicted octanol–water partition coefficient (Wildman–Crippen LogP) is 3.50. The van der Waals surface area contributed by atoms with Crippen LogP contribution in [0.2, 0.25) is 0 Å². The van der Waals surface area contributed by atoms with Crippen molar-refractivity contribution in [2.45, 2.75) is 45.1 Å². The van der Waals surface area contributed by atoms with Crippen molar-refractivity contribution in [2.24, 2.45) is 18.9 Å². The lowest BCUT2D eigenvalue weighted by Crippen LogP contribution is -2.43. The minimum atomic E-state index is 0.229. The number of hydrogen-bond donors (Lipinski definition) is 0. The van der Waals surface area contributed by atoms with E-state index in [1.807, 2.05) is 17.9 Å². The molecule has 1 amide bonds. The maximum absolute atomic E-state index is 13.3. The smallest absolute Gasteiger partial charge is 0.225 e. The molecule has 2 aliphatic rings. The first-order chi connectivity index (χ1) is 14.2. The average Bonchev–Trinajstić information content (AvgIpc) is 3.06. The Balaban J connectivity index is 1.31. The zero-order chi connectivity index (χ0) is 20.1. The van der Waals surface area contributed by atoms with Crippen LogP contribution in [-0.2, 0) is 24.8 Å². The van der Waals surface area contributed by atoms with Gasteiger partial charge in [0, 0.05) is 38.8 Å². The maximum Gasteiger partial charge on any atom is 0.225 e. The van der Waals surface area contributed by atoms with Gasteiger partial charge in [0.2, 0.25) is 5.91 Å². The van der Waals surface area contributed by atoms with Crippen molar-refractivity contribution in [3.63, 3.8) is 0 Å². The van der Waals surface area contributed by atoms with E-state index in [9.17, 15) is 4.79 Å². The lowest BCUT2D eigenvalue weighted by atomic mass is 9.81. The molecular weight excluding hydrogens is 360 g/mol. The SMILES string of the molecule is Cn1nccc1CN1CCC(C2CCCCN(CCc3ccccc3)C2=O)CC1. The van der Waals surface area contributed by atoms with Crippen molar-refractivity contribution in [2.75, 3.05) is 26.2 Å². The lowest BCUT2D eigenvalue weighted by Gasteiger charge is -2.36. The van der Waals surface area contributed by atoms with Crippen molar-refractivity contribution in [1.29, 1.82) is 0 Å². The molecular formula is C24H34N4O. The summed E-state index contributed by atoms with van der Waals surface area (Å²) in [7, 11) is 2.01. The highest BCUT2D eigenvalue weighted by atomic mass is 16.2. The molecule has 1 aromatic carbocycles. The number of amides is 1. The molecule has 2 aliphatic heterocycles. The highest BCUT2D eigenvalue weighted by Crippen LogP contribution is 2.32. The maximum atomic E-state index is 13.3. The number of aryl methyl sites for hydroxylation is 1. The van der Waals surface area contributed by atoms with E-state index >= 15 is 0 Å². The van der Waals surface area contributed by atoms with Gasteiger partial charge in [0.15, 0.2) is 0 Å². The number of likely N-dealkylation sites (tertiary alicyclic amines) is 2. The van der Waals surface area contributed by atoms with E-state index in [1.54, 1.807) is 0 Å². The Morgan fingerprint density at radius 3 is 2.52 bits per heavy atom. The molecule has 2 aromatic rings. The fourth-order valence-corrected chi connectivity index (χ4v) is 5.00. The van der Waals surface area contributed by atoms with Crippen LogP contribution < -0.4 is 0 Å². The molecule has 0 aliphatic carbocycles. The number of hydrogen-bond acceptors (Lipinski definition) is 3. The Hall–Kier alpha value is -2.14. The molecule has 156 valence electrons. The number of piperidine rings is 1. The van der Waals surface area contributed by atoms with Crippen molar-refractivity contribution in [1.82, 2.24) is 19.6 Å². The van der Waals surface area contributed by atoms with Gasteiger partial charge in [-0.1, -0.05) is 36.8 Å². The summed E-state index contributed by atoms with van der Waals surface area (Å²) in [5.74, 6) is 1.19. The predicted molar refractivity (Wildman–Crippen MR) is 115 cm³/mol. The normalized spacial score (nSPS) is 22.0. The van der Waals surface area contributed by atoms with Crippen LogP contribution in [0.5, 0.6) is 0 Å².